The number of nitrogens with one attached hydrogen (secondary N) is 1. The number of aromatic nitrogens is 1. The summed E-state index contributed by atoms with van der Waals surface area (Å²) in [6, 6.07) is 10.9. The molecular formula is C23H20FIN4O4. The molecule has 2 aromatic carbocycles. The second-order valence-electron chi connectivity index (χ2n) is 7.52. The molecular weight excluding hydrogens is 542 g/mol. The predicted octanol–water partition coefficient (Wildman–Crippen LogP) is 3.67. The molecule has 2 heterocycles. The van der Waals surface area contributed by atoms with E-state index in [0.717, 1.165) is 16.2 Å². The molecule has 0 radical (unpaired) electrons. The van der Waals surface area contributed by atoms with Gasteiger partial charge in [0.2, 0.25) is 5.91 Å². The molecule has 33 heavy (non-hydrogen) atoms. The second-order valence-corrected chi connectivity index (χ2v) is 8.77. The Kier molecular flexibility index (Phi) is 6.11. The summed E-state index contributed by atoms with van der Waals surface area (Å²) in [5, 5.41) is 2.81. The Balaban J connectivity index is 1.82. The molecule has 0 unspecified atom stereocenters. The normalized spacial score (nSPS) is 12.4. The Labute approximate surface area is 202 Å². The molecule has 0 saturated carbocycles. The molecule has 4 rings (SSSR count). The van der Waals surface area contributed by atoms with E-state index in [1.165, 1.54) is 26.1 Å². The lowest BCUT2D eigenvalue weighted by molar-refractivity contribution is -0.116. The fourth-order valence-electron chi connectivity index (χ4n) is 3.80. The number of hydrogen-bond donors (Lipinski definition) is 2. The maximum absolute atomic E-state index is 14.5. The number of carbonyl (C=O) groups excluding carboxylic acids is 2. The molecule has 2 amide bonds. The number of anilines is 3. The summed E-state index contributed by atoms with van der Waals surface area (Å²) in [5.41, 5.74) is 6.63. The number of pyridine rings is 1. The minimum Gasteiger partial charge on any atom is -0.456 e. The maximum atomic E-state index is 14.5. The van der Waals surface area contributed by atoms with E-state index in [1.54, 1.807) is 23.1 Å². The van der Waals surface area contributed by atoms with Crippen molar-refractivity contribution in [2.45, 2.75) is 13.3 Å². The van der Waals surface area contributed by atoms with Crippen molar-refractivity contribution in [2.75, 3.05) is 16.8 Å². The Morgan fingerprint density at radius 1 is 1.18 bits per heavy atom. The minimum atomic E-state index is -0.855. The Bertz CT molecular complexity index is 1360. The van der Waals surface area contributed by atoms with Crippen LogP contribution in [-0.4, -0.2) is 22.9 Å². The number of halogens is 2. The fourth-order valence-corrected chi connectivity index (χ4v) is 4.26. The van der Waals surface area contributed by atoms with Gasteiger partial charge in [-0.2, -0.15) is 0 Å². The van der Waals surface area contributed by atoms with Gasteiger partial charge in [0.25, 0.3) is 11.5 Å². The number of fused-ring (bicyclic) bond motifs is 1. The number of rotatable bonds is 5. The standard InChI is InChI=1S/C23H20FIN4O4/c1-12(30)29-9-8-14-17(29)4-3-5-18(14)33-19-11-20(31)28(2)23(21(19)22(26)32)27-16-7-6-13(25)10-15(16)24/h3-7,10-11,27H,8-9H2,1-2H3,(H2,26,32). The Hall–Kier alpha value is -3.41. The third-order valence-electron chi connectivity index (χ3n) is 5.42. The van der Waals surface area contributed by atoms with Crippen LogP contribution in [0.2, 0.25) is 0 Å². The van der Waals surface area contributed by atoms with Gasteiger partial charge in [-0.25, -0.2) is 4.39 Å². The summed E-state index contributed by atoms with van der Waals surface area (Å²) in [5.74, 6) is -1.16. The van der Waals surface area contributed by atoms with Gasteiger partial charge < -0.3 is 20.7 Å². The third-order valence-corrected chi connectivity index (χ3v) is 6.09. The fraction of sp³-hybridized carbons (Fsp3) is 0.174. The van der Waals surface area contributed by atoms with Gasteiger partial charge in [0, 0.05) is 35.7 Å². The van der Waals surface area contributed by atoms with Gasteiger partial charge in [-0.15, -0.1) is 0 Å². The van der Waals surface area contributed by atoms with Crippen LogP contribution in [0.3, 0.4) is 0 Å². The summed E-state index contributed by atoms with van der Waals surface area (Å²) in [6.07, 6.45) is 0.556. The minimum absolute atomic E-state index is 0.00282. The van der Waals surface area contributed by atoms with Gasteiger partial charge in [0.05, 0.1) is 11.4 Å². The Morgan fingerprint density at radius 3 is 2.61 bits per heavy atom. The molecule has 0 fully saturated rings. The second kappa shape index (κ2) is 8.85. The number of nitrogens with two attached hydrogens (primary N) is 1. The summed E-state index contributed by atoms with van der Waals surface area (Å²) in [7, 11) is 1.44. The van der Waals surface area contributed by atoms with Crippen molar-refractivity contribution in [3.63, 3.8) is 0 Å². The quantitative estimate of drug-likeness (QED) is 0.462. The average molecular weight is 562 g/mol. The highest BCUT2D eigenvalue weighted by atomic mass is 127. The zero-order valence-corrected chi connectivity index (χ0v) is 20.0. The van der Waals surface area contributed by atoms with Crippen LogP contribution in [0.15, 0.2) is 47.3 Å². The topological polar surface area (TPSA) is 107 Å². The van der Waals surface area contributed by atoms with Crippen LogP contribution in [0, 0.1) is 9.39 Å². The lowest BCUT2D eigenvalue weighted by Gasteiger charge is -2.19. The van der Waals surface area contributed by atoms with E-state index in [9.17, 15) is 18.8 Å². The van der Waals surface area contributed by atoms with Crippen LogP contribution in [0.4, 0.5) is 21.6 Å². The first-order valence-electron chi connectivity index (χ1n) is 10.0. The first-order valence-corrected chi connectivity index (χ1v) is 11.1. The number of nitrogens with zero attached hydrogens (tertiary/aromatic N) is 2. The average Bonchev–Trinajstić information content (AvgIpc) is 3.18. The summed E-state index contributed by atoms with van der Waals surface area (Å²) in [6.45, 7) is 1.99. The van der Waals surface area contributed by atoms with Gasteiger partial charge in [-0.05, 0) is 59.3 Å². The molecule has 10 heteroatoms. The molecule has 3 aromatic rings. The van der Waals surface area contributed by atoms with E-state index < -0.39 is 17.3 Å². The van der Waals surface area contributed by atoms with E-state index in [4.69, 9.17) is 10.5 Å². The molecule has 0 atom stereocenters. The van der Waals surface area contributed by atoms with Crippen molar-refractivity contribution in [1.29, 1.82) is 0 Å². The number of hydrogen-bond acceptors (Lipinski definition) is 5. The molecule has 170 valence electrons. The highest BCUT2D eigenvalue weighted by Crippen LogP contribution is 2.39. The monoisotopic (exact) mass is 562 g/mol. The van der Waals surface area contributed by atoms with Crippen molar-refractivity contribution in [3.8, 4) is 11.5 Å². The largest absolute Gasteiger partial charge is 0.456 e. The Morgan fingerprint density at radius 2 is 1.94 bits per heavy atom. The smallest absolute Gasteiger partial charge is 0.256 e. The first kappa shape index (κ1) is 22.8. The van der Waals surface area contributed by atoms with Crippen molar-refractivity contribution >= 4 is 51.6 Å². The molecule has 0 saturated heterocycles. The lowest BCUT2D eigenvalue weighted by Crippen LogP contribution is -2.25. The van der Waals surface area contributed by atoms with Gasteiger partial charge >= 0.3 is 0 Å². The highest BCUT2D eigenvalue weighted by molar-refractivity contribution is 14.1. The molecule has 8 nitrogen and oxygen atoms in total. The van der Waals surface area contributed by atoms with Crippen LogP contribution in [0.5, 0.6) is 11.5 Å². The van der Waals surface area contributed by atoms with Crippen molar-refractivity contribution < 1.29 is 18.7 Å². The van der Waals surface area contributed by atoms with Crippen LogP contribution < -0.4 is 26.2 Å². The molecule has 3 N–H and O–H groups in total. The van der Waals surface area contributed by atoms with E-state index >= 15 is 0 Å². The molecule has 0 bridgehead atoms. The van der Waals surface area contributed by atoms with Gasteiger partial charge in [0.15, 0.2) is 0 Å². The third kappa shape index (κ3) is 4.30. The molecule has 1 aliphatic rings. The number of benzene rings is 2. The van der Waals surface area contributed by atoms with Gasteiger partial charge in [-0.3, -0.25) is 19.0 Å². The van der Waals surface area contributed by atoms with Crippen molar-refractivity contribution in [3.05, 3.63) is 73.3 Å². The van der Waals surface area contributed by atoms with Crippen molar-refractivity contribution in [2.24, 2.45) is 12.8 Å². The van der Waals surface area contributed by atoms with Gasteiger partial charge in [0.1, 0.15) is 28.7 Å². The van der Waals surface area contributed by atoms with E-state index in [1.807, 2.05) is 28.7 Å². The maximum Gasteiger partial charge on any atom is 0.256 e. The number of ether oxygens (including phenoxy) is 1. The molecule has 0 spiro atoms. The van der Waals surface area contributed by atoms with Crippen LogP contribution >= 0.6 is 22.6 Å². The molecule has 1 aromatic heterocycles. The number of amides is 2. The first-order chi connectivity index (χ1) is 15.7. The van der Waals surface area contributed by atoms with Crippen molar-refractivity contribution in [1.82, 2.24) is 4.57 Å². The number of primary amides is 1. The summed E-state index contributed by atoms with van der Waals surface area (Å²) in [4.78, 5) is 38.7. The SMILES string of the molecule is CC(=O)N1CCc2c(Oc3cc(=O)n(C)c(Nc4ccc(I)cc4F)c3C(N)=O)cccc21. The predicted molar refractivity (Wildman–Crippen MR) is 131 cm³/mol. The van der Waals surface area contributed by atoms with E-state index in [2.05, 4.69) is 5.32 Å². The van der Waals surface area contributed by atoms with E-state index in [0.29, 0.717) is 28.0 Å². The summed E-state index contributed by atoms with van der Waals surface area (Å²) < 4.78 is 22.3. The van der Waals surface area contributed by atoms with Crippen LogP contribution in [0.25, 0.3) is 0 Å². The lowest BCUT2D eigenvalue weighted by atomic mass is 10.1. The van der Waals surface area contributed by atoms with Crippen LogP contribution in [-0.2, 0) is 18.3 Å². The highest BCUT2D eigenvalue weighted by Gasteiger charge is 2.27. The molecule has 1 aliphatic heterocycles. The number of carbonyl (C=O) groups is 2. The summed E-state index contributed by atoms with van der Waals surface area (Å²) >= 11 is 1.98. The van der Waals surface area contributed by atoms with Crippen LogP contribution in [0.1, 0.15) is 22.8 Å². The molecule has 0 aliphatic carbocycles. The zero-order valence-electron chi connectivity index (χ0n) is 17.8. The zero-order chi connectivity index (χ0) is 23.9. The van der Waals surface area contributed by atoms with Gasteiger partial charge in [-0.1, -0.05) is 6.07 Å². The van der Waals surface area contributed by atoms with E-state index in [-0.39, 0.29) is 28.7 Å².